The van der Waals surface area contributed by atoms with Crippen LogP contribution >= 0.6 is 23.2 Å². The van der Waals surface area contributed by atoms with Crippen LogP contribution < -0.4 is 20.1 Å². The van der Waals surface area contributed by atoms with Crippen LogP contribution in [-0.4, -0.2) is 31.1 Å². The zero-order valence-electron chi connectivity index (χ0n) is 12.9. The van der Waals surface area contributed by atoms with E-state index < -0.39 is 11.8 Å². The highest BCUT2D eigenvalue weighted by atomic mass is 35.5. The highest BCUT2D eigenvalue weighted by Gasteiger charge is 2.23. The summed E-state index contributed by atoms with van der Waals surface area (Å²) in [4.78, 5) is 23.9. The van der Waals surface area contributed by atoms with Gasteiger partial charge in [-0.15, -0.1) is 0 Å². The molecule has 130 valence electrons. The molecule has 2 amide bonds. The van der Waals surface area contributed by atoms with Crippen LogP contribution in [0.15, 0.2) is 42.5 Å². The van der Waals surface area contributed by atoms with Gasteiger partial charge in [-0.2, -0.15) is 0 Å². The van der Waals surface area contributed by atoms with Crippen molar-refractivity contribution < 1.29 is 19.1 Å². The normalized spacial score (nSPS) is 15.4. The molecule has 0 bridgehead atoms. The molecule has 1 atom stereocenters. The maximum absolute atomic E-state index is 12.0. The zero-order chi connectivity index (χ0) is 17.8. The number of hydrogen-bond acceptors (Lipinski definition) is 4. The highest BCUT2D eigenvalue weighted by molar-refractivity contribution is 6.42. The van der Waals surface area contributed by atoms with Crippen molar-refractivity contribution in [1.82, 2.24) is 5.32 Å². The van der Waals surface area contributed by atoms with E-state index in [0.29, 0.717) is 16.5 Å². The Morgan fingerprint density at radius 2 is 1.84 bits per heavy atom. The minimum Gasteiger partial charge on any atom is -0.486 e. The van der Waals surface area contributed by atoms with Gasteiger partial charge in [0.15, 0.2) is 11.5 Å². The van der Waals surface area contributed by atoms with E-state index in [1.165, 1.54) is 12.1 Å². The van der Waals surface area contributed by atoms with Crippen molar-refractivity contribution in [2.24, 2.45) is 0 Å². The lowest BCUT2D eigenvalue weighted by molar-refractivity contribution is -0.136. The van der Waals surface area contributed by atoms with E-state index in [-0.39, 0.29) is 30.0 Å². The van der Waals surface area contributed by atoms with E-state index in [2.05, 4.69) is 10.6 Å². The van der Waals surface area contributed by atoms with Crippen molar-refractivity contribution in [3.8, 4) is 11.5 Å². The summed E-state index contributed by atoms with van der Waals surface area (Å²) in [7, 11) is 0. The molecule has 2 N–H and O–H groups in total. The summed E-state index contributed by atoms with van der Waals surface area (Å²) >= 11 is 11.8. The Morgan fingerprint density at radius 1 is 1.08 bits per heavy atom. The second-order valence-electron chi connectivity index (χ2n) is 5.29. The van der Waals surface area contributed by atoms with Gasteiger partial charge in [0.05, 0.1) is 17.3 Å². The van der Waals surface area contributed by atoms with Gasteiger partial charge in [0.1, 0.15) is 12.7 Å². The van der Waals surface area contributed by atoms with E-state index in [1.807, 2.05) is 12.1 Å². The Labute approximate surface area is 154 Å². The molecule has 1 aliphatic heterocycles. The first-order valence-electron chi connectivity index (χ1n) is 7.45. The van der Waals surface area contributed by atoms with E-state index in [0.717, 1.165) is 0 Å². The largest absolute Gasteiger partial charge is 0.486 e. The van der Waals surface area contributed by atoms with Crippen LogP contribution in [0.4, 0.5) is 5.69 Å². The van der Waals surface area contributed by atoms with E-state index in [4.69, 9.17) is 32.7 Å². The van der Waals surface area contributed by atoms with Crippen molar-refractivity contribution in [3.63, 3.8) is 0 Å². The second-order valence-corrected chi connectivity index (χ2v) is 6.13. The van der Waals surface area contributed by atoms with Gasteiger partial charge in [-0.05, 0) is 30.3 Å². The lowest BCUT2D eigenvalue weighted by Crippen LogP contribution is -2.44. The van der Waals surface area contributed by atoms with Gasteiger partial charge >= 0.3 is 11.8 Å². The Bertz CT molecular complexity index is 813. The van der Waals surface area contributed by atoms with Gasteiger partial charge < -0.3 is 20.1 Å². The van der Waals surface area contributed by atoms with Crippen molar-refractivity contribution in [2.75, 3.05) is 18.5 Å². The maximum Gasteiger partial charge on any atom is 0.313 e. The number of nitrogens with one attached hydrogen (secondary N) is 2. The Hall–Kier alpha value is -2.44. The summed E-state index contributed by atoms with van der Waals surface area (Å²) in [5.74, 6) is -0.402. The van der Waals surface area contributed by atoms with Gasteiger partial charge in [0.2, 0.25) is 0 Å². The molecule has 0 spiro atoms. The van der Waals surface area contributed by atoms with Crippen LogP contribution in [0, 0.1) is 0 Å². The van der Waals surface area contributed by atoms with Crippen LogP contribution in [0.2, 0.25) is 10.0 Å². The number of para-hydroxylation sites is 2. The molecule has 6 nitrogen and oxygen atoms in total. The first-order chi connectivity index (χ1) is 12.0. The fraction of sp³-hybridized carbons (Fsp3) is 0.176. The smallest absolute Gasteiger partial charge is 0.313 e. The summed E-state index contributed by atoms with van der Waals surface area (Å²) in [6.07, 6.45) is -0.388. The molecule has 1 unspecified atom stereocenters. The first kappa shape index (κ1) is 17.4. The number of fused-ring (bicyclic) bond motifs is 1. The maximum atomic E-state index is 12.0. The summed E-state index contributed by atoms with van der Waals surface area (Å²) in [6, 6.07) is 11.8. The van der Waals surface area contributed by atoms with E-state index in [1.54, 1.807) is 18.2 Å². The molecule has 2 aromatic carbocycles. The Morgan fingerprint density at radius 3 is 2.64 bits per heavy atom. The third kappa shape index (κ3) is 4.35. The molecule has 3 rings (SSSR count). The molecule has 0 aromatic heterocycles. The van der Waals surface area contributed by atoms with Gasteiger partial charge in [-0.3, -0.25) is 9.59 Å². The molecular formula is C17H14Cl2N2O4. The van der Waals surface area contributed by atoms with Gasteiger partial charge in [-0.25, -0.2) is 0 Å². The van der Waals surface area contributed by atoms with Crippen molar-refractivity contribution in [1.29, 1.82) is 0 Å². The molecule has 8 heteroatoms. The lowest BCUT2D eigenvalue weighted by atomic mass is 10.2. The van der Waals surface area contributed by atoms with Crippen molar-refractivity contribution in [3.05, 3.63) is 52.5 Å². The lowest BCUT2D eigenvalue weighted by Gasteiger charge is -2.26. The Balaban J connectivity index is 1.52. The number of benzene rings is 2. The van der Waals surface area contributed by atoms with E-state index in [9.17, 15) is 9.59 Å². The standard InChI is InChI=1S/C17H14Cl2N2O4/c18-10-5-6-12(19)13(7-10)21-17(23)16(22)20-8-11-9-24-14-3-1-2-4-15(14)25-11/h1-7,11H,8-9H2,(H,20,22)(H,21,23). The number of hydrogen-bond donors (Lipinski definition) is 2. The average Bonchev–Trinajstić information content (AvgIpc) is 2.62. The second kappa shape index (κ2) is 7.63. The predicted octanol–water partition coefficient (Wildman–Crippen LogP) is 2.89. The summed E-state index contributed by atoms with van der Waals surface area (Å²) in [5, 5.41) is 5.60. The first-order valence-corrected chi connectivity index (χ1v) is 8.21. The van der Waals surface area contributed by atoms with Crippen molar-refractivity contribution >= 4 is 40.7 Å². The van der Waals surface area contributed by atoms with Gasteiger partial charge in [-0.1, -0.05) is 35.3 Å². The Kier molecular flexibility index (Phi) is 5.31. The number of anilines is 1. The number of halogens is 2. The van der Waals surface area contributed by atoms with Crippen molar-refractivity contribution in [2.45, 2.75) is 6.10 Å². The number of amides is 2. The van der Waals surface area contributed by atoms with Crippen LogP contribution in [0.1, 0.15) is 0 Å². The SMILES string of the molecule is O=C(NCC1COc2ccccc2O1)C(=O)Nc1cc(Cl)ccc1Cl. The number of ether oxygens (including phenoxy) is 2. The molecule has 0 saturated heterocycles. The quantitative estimate of drug-likeness (QED) is 0.802. The van der Waals surface area contributed by atoms with Crippen LogP contribution in [-0.2, 0) is 9.59 Å². The molecule has 0 aliphatic carbocycles. The summed E-state index contributed by atoms with van der Waals surface area (Å²) in [6.45, 7) is 0.406. The third-order valence-corrected chi connectivity index (χ3v) is 4.01. The van der Waals surface area contributed by atoms with Crippen LogP contribution in [0.5, 0.6) is 11.5 Å². The number of carbonyl (C=O) groups is 2. The molecular weight excluding hydrogens is 367 g/mol. The number of carbonyl (C=O) groups excluding carboxylic acids is 2. The van der Waals surface area contributed by atoms with Crippen LogP contribution in [0.3, 0.4) is 0 Å². The number of rotatable bonds is 3. The predicted molar refractivity (Wildman–Crippen MR) is 94.5 cm³/mol. The van der Waals surface area contributed by atoms with Gasteiger partial charge in [0, 0.05) is 5.02 Å². The van der Waals surface area contributed by atoms with Gasteiger partial charge in [0.25, 0.3) is 0 Å². The molecule has 1 aliphatic rings. The minimum atomic E-state index is -0.846. The minimum absolute atomic E-state index is 0.129. The molecule has 0 radical (unpaired) electrons. The third-order valence-electron chi connectivity index (χ3n) is 3.44. The zero-order valence-corrected chi connectivity index (χ0v) is 14.4. The molecule has 0 fully saturated rings. The molecule has 0 saturated carbocycles. The monoisotopic (exact) mass is 380 g/mol. The molecule has 2 aromatic rings. The fourth-order valence-corrected chi connectivity index (χ4v) is 2.56. The average molecular weight is 381 g/mol. The van der Waals surface area contributed by atoms with E-state index >= 15 is 0 Å². The topological polar surface area (TPSA) is 76.7 Å². The van der Waals surface area contributed by atoms with Crippen LogP contribution in [0.25, 0.3) is 0 Å². The summed E-state index contributed by atoms with van der Waals surface area (Å²) in [5.41, 5.74) is 0.264. The molecule has 25 heavy (non-hydrogen) atoms. The molecule has 1 heterocycles. The highest BCUT2D eigenvalue weighted by Crippen LogP contribution is 2.30. The summed E-state index contributed by atoms with van der Waals surface area (Å²) < 4.78 is 11.2. The fourth-order valence-electron chi connectivity index (χ4n) is 2.22.